The van der Waals surface area contributed by atoms with Gasteiger partial charge in [-0.2, -0.15) is 0 Å². The number of hydrogen-bond acceptors (Lipinski definition) is 4. The Morgan fingerprint density at radius 2 is 2.21 bits per heavy atom. The van der Waals surface area contributed by atoms with Crippen LogP contribution >= 0.6 is 0 Å². The molecule has 106 valence electrons. The van der Waals surface area contributed by atoms with Crippen LogP contribution in [-0.2, 0) is 6.54 Å². The number of aliphatic hydroxyl groups excluding tert-OH is 1. The zero-order valence-corrected chi connectivity index (χ0v) is 11.9. The van der Waals surface area contributed by atoms with Crippen molar-refractivity contribution in [3.05, 3.63) is 29.8 Å². The fraction of sp³-hybridized carbons (Fsp3) is 0.600. The maximum Gasteiger partial charge on any atom is 0.123 e. The Morgan fingerprint density at radius 1 is 1.42 bits per heavy atom. The molecule has 0 radical (unpaired) electrons. The highest BCUT2D eigenvalue weighted by Gasteiger charge is 2.25. The molecule has 1 saturated heterocycles. The summed E-state index contributed by atoms with van der Waals surface area (Å²) in [5, 5.41) is 8.99. The van der Waals surface area contributed by atoms with Gasteiger partial charge in [-0.05, 0) is 19.5 Å². The number of ether oxygens (including phenoxy) is 1. The minimum atomic E-state index is 0.236. The predicted octanol–water partition coefficient (Wildman–Crippen LogP) is 1.19. The summed E-state index contributed by atoms with van der Waals surface area (Å²) in [5.41, 5.74) is 1.25. The van der Waals surface area contributed by atoms with E-state index in [4.69, 9.17) is 9.84 Å². The van der Waals surface area contributed by atoms with E-state index in [1.165, 1.54) is 12.0 Å². The number of aliphatic hydroxyl groups is 1. The van der Waals surface area contributed by atoms with Crippen molar-refractivity contribution >= 4 is 0 Å². The maximum absolute atomic E-state index is 8.99. The highest BCUT2D eigenvalue weighted by atomic mass is 16.5. The van der Waals surface area contributed by atoms with Crippen LogP contribution in [0.1, 0.15) is 12.0 Å². The minimum absolute atomic E-state index is 0.236. The number of likely N-dealkylation sites (tertiary alicyclic amines) is 1. The summed E-state index contributed by atoms with van der Waals surface area (Å²) in [4.78, 5) is 4.71. The molecule has 1 unspecified atom stereocenters. The van der Waals surface area contributed by atoms with E-state index in [9.17, 15) is 0 Å². The fourth-order valence-electron chi connectivity index (χ4n) is 2.73. The summed E-state index contributed by atoms with van der Waals surface area (Å²) in [6.45, 7) is 4.10. The molecule has 19 heavy (non-hydrogen) atoms. The third-order valence-electron chi connectivity index (χ3n) is 3.91. The molecular formula is C15H24N2O2. The van der Waals surface area contributed by atoms with Crippen molar-refractivity contribution in [2.24, 2.45) is 0 Å². The molecule has 0 bridgehead atoms. The van der Waals surface area contributed by atoms with E-state index < -0.39 is 0 Å². The Labute approximate surface area is 115 Å². The van der Waals surface area contributed by atoms with Gasteiger partial charge >= 0.3 is 0 Å². The van der Waals surface area contributed by atoms with Gasteiger partial charge in [0.25, 0.3) is 0 Å². The first-order valence-electron chi connectivity index (χ1n) is 6.90. The molecule has 1 heterocycles. The van der Waals surface area contributed by atoms with E-state index in [1.807, 2.05) is 12.1 Å². The van der Waals surface area contributed by atoms with Crippen LogP contribution in [0.25, 0.3) is 0 Å². The van der Waals surface area contributed by atoms with Gasteiger partial charge in [0.2, 0.25) is 0 Å². The molecule has 0 spiro atoms. The summed E-state index contributed by atoms with van der Waals surface area (Å²) < 4.78 is 5.40. The molecule has 1 N–H and O–H groups in total. The molecule has 1 atom stereocenters. The number of rotatable bonds is 6. The van der Waals surface area contributed by atoms with Gasteiger partial charge in [0.15, 0.2) is 0 Å². The molecule has 2 rings (SSSR count). The van der Waals surface area contributed by atoms with E-state index >= 15 is 0 Å². The summed E-state index contributed by atoms with van der Waals surface area (Å²) in [5.74, 6) is 0.967. The van der Waals surface area contributed by atoms with Crippen LogP contribution in [0, 0.1) is 0 Å². The quantitative estimate of drug-likeness (QED) is 0.837. The second kappa shape index (κ2) is 6.89. The second-order valence-corrected chi connectivity index (χ2v) is 5.19. The largest absolute Gasteiger partial charge is 0.496 e. The highest BCUT2D eigenvalue weighted by Crippen LogP contribution is 2.22. The summed E-state index contributed by atoms with van der Waals surface area (Å²) in [6, 6.07) is 8.76. The number of hydrogen-bond donors (Lipinski definition) is 1. The second-order valence-electron chi connectivity index (χ2n) is 5.19. The van der Waals surface area contributed by atoms with E-state index in [1.54, 1.807) is 7.11 Å². The Hall–Kier alpha value is -1.10. The first-order valence-corrected chi connectivity index (χ1v) is 6.90. The zero-order chi connectivity index (χ0) is 13.7. The number of para-hydroxylation sites is 1. The van der Waals surface area contributed by atoms with Gasteiger partial charge in [0, 0.05) is 37.8 Å². The van der Waals surface area contributed by atoms with Crippen LogP contribution in [0.5, 0.6) is 5.75 Å². The number of benzene rings is 1. The molecule has 1 fully saturated rings. The lowest BCUT2D eigenvalue weighted by atomic mass is 10.2. The fourth-order valence-corrected chi connectivity index (χ4v) is 2.73. The minimum Gasteiger partial charge on any atom is -0.496 e. The van der Waals surface area contributed by atoms with Gasteiger partial charge in [-0.15, -0.1) is 0 Å². The highest BCUT2D eigenvalue weighted by molar-refractivity contribution is 5.33. The van der Waals surface area contributed by atoms with Crippen LogP contribution in [-0.4, -0.2) is 61.3 Å². The Bertz CT molecular complexity index is 397. The Morgan fingerprint density at radius 3 is 2.95 bits per heavy atom. The van der Waals surface area contributed by atoms with Crippen LogP contribution in [0.4, 0.5) is 0 Å². The molecule has 4 nitrogen and oxygen atoms in total. The van der Waals surface area contributed by atoms with Crippen molar-refractivity contribution < 1.29 is 9.84 Å². The lowest BCUT2D eigenvalue weighted by molar-refractivity contribution is 0.177. The van der Waals surface area contributed by atoms with Gasteiger partial charge in [-0.1, -0.05) is 18.2 Å². The molecule has 0 aliphatic carbocycles. The van der Waals surface area contributed by atoms with Crippen molar-refractivity contribution in [1.29, 1.82) is 0 Å². The molecule has 0 aromatic heterocycles. The SMILES string of the molecule is COc1ccccc1CN1CCC(N(C)CCO)C1. The first kappa shape index (κ1) is 14.3. The number of methoxy groups -OCH3 is 1. The average Bonchev–Trinajstić information content (AvgIpc) is 2.88. The van der Waals surface area contributed by atoms with Gasteiger partial charge in [-0.3, -0.25) is 9.80 Å². The summed E-state index contributed by atoms with van der Waals surface area (Å²) in [7, 11) is 3.81. The first-order chi connectivity index (χ1) is 9.24. The third-order valence-corrected chi connectivity index (χ3v) is 3.91. The normalized spacial score (nSPS) is 20.1. The topological polar surface area (TPSA) is 35.9 Å². The molecule has 1 aliphatic heterocycles. The monoisotopic (exact) mass is 264 g/mol. The van der Waals surface area contributed by atoms with Gasteiger partial charge in [0.05, 0.1) is 13.7 Å². The van der Waals surface area contributed by atoms with E-state index in [2.05, 4.69) is 29.0 Å². The zero-order valence-electron chi connectivity index (χ0n) is 11.9. The van der Waals surface area contributed by atoms with Crippen LogP contribution in [0.2, 0.25) is 0 Å². The maximum atomic E-state index is 8.99. The van der Waals surface area contributed by atoms with Crippen molar-refractivity contribution in [2.75, 3.05) is 40.4 Å². The van der Waals surface area contributed by atoms with E-state index in [-0.39, 0.29) is 6.61 Å². The van der Waals surface area contributed by atoms with E-state index in [0.29, 0.717) is 6.04 Å². The summed E-state index contributed by atoms with van der Waals surface area (Å²) >= 11 is 0. The van der Waals surface area contributed by atoms with Crippen LogP contribution < -0.4 is 4.74 Å². The van der Waals surface area contributed by atoms with Gasteiger partial charge in [0.1, 0.15) is 5.75 Å². The average molecular weight is 264 g/mol. The van der Waals surface area contributed by atoms with E-state index in [0.717, 1.165) is 31.9 Å². The van der Waals surface area contributed by atoms with Gasteiger partial charge < -0.3 is 9.84 Å². The van der Waals surface area contributed by atoms with Crippen LogP contribution in [0.15, 0.2) is 24.3 Å². The molecule has 1 aromatic carbocycles. The third kappa shape index (κ3) is 3.69. The molecule has 4 heteroatoms. The molecular weight excluding hydrogens is 240 g/mol. The lowest BCUT2D eigenvalue weighted by Gasteiger charge is -2.24. The van der Waals surface area contributed by atoms with Gasteiger partial charge in [-0.25, -0.2) is 0 Å². The molecule has 0 saturated carbocycles. The summed E-state index contributed by atoms with van der Waals surface area (Å²) in [6.07, 6.45) is 1.17. The lowest BCUT2D eigenvalue weighted by Crippen LogP contribution is -2.36. The van der Waals surface area contributed by atoms with Crippen molar-refractivity contribution in [2.45, 2.75) is 19.0 Å². The molecule has 1 aliphatic rings. The van der Waals surface area contributed by atoms with Crippen molar-refractivity contribution in [3.63, 3.8) is 0 Å². The predicted molar refractivity (Wildman–Crippen MR) is 76.4 cm³/mol. The Balaban J connectivity index is 1.91. The van der Waals surface area contributed by atoms with Crippen molar-refractivity contribution in [1.82, 2.24) is 9.80 Å². The standard InChI is InChI=1S/C15H24N2O2/c1-16(9-10-18)14-7-8-17(12-14)11-13-5-3-4-6-15(13)19-2/h3-6,14,18H,7-12H2,1-2H3. The smallest absolute Gasteiger partial charge is 0.123 e. The number of nitrogens with zero attached hydrogens (tertiary/aromatic N) is 2. The molecule has 0 amide bonds. The number of likely N-dealkylation sites (N-methyl/N-ethyl adjacent to an activating group) is 1. The Kier molecular flexibility index (Phi) is 5.19. The molecule has 1 aromatic rings. The van der Waals surface area contributed by atoms with Crippen LogP contribution in [0.3, 0.4) is 0 Å². The van der Waals surface area contributed by atoms with Crippen molar-refractivity contribution in [3.8, 4) is 5.75 Å².